The smallest absolute Gasteiger partial charge is 0.231 e. The maximum absolute atomic E-state index is 14.5. The van der Waals surface area contributed by atoms with Crippen molar-refractivity contribution in [3.05, 3.63) is 41.7 Å². The molecule has 0 atom stereocenters. The molecule has 5 rings (SSSR count). The third-order valence-electron chi connectivity index (χ3n) is 5.23. The maximum atomic E-state index is 14.5. The Kier molecular flexibility index (Phi) is 4.04. The molecule has 1 aliphatic carbocycles. The molecule has 2 aromatic carbocycles. The monoisotopic (exact) mass is 394 g/mol. The number of benzene rings is 2. The SMILES string of the molecule is COc1cc2c(cc1-c1cc(C3CC3)c3cc(F)c(NC(C)=O)cc3n1)OCO2. The summed E-state index contributed by atoms with van der Waals surface area (Å²) in [6.07, 6.45) is 2.12. The van der Waals surface area contributed by atoms with Gasteiger partial charge in [0.05, 0.1) is 24.0 Å². The van der Waals surface area contributed by atoms with Crippen molar-refractivity contribution in [1.29, 1.82) is 0 Å². The molecule has 7 heteroatoms. The molecule has 0 unspecified atom stereocenters. The van der Waals surface area contributed by atoms with Crippen LogP contribution >= 0.6 is 0 Å². The van der Waals surface area contributed by atoms with E-state index in [1.807, 2.05) is 12.1 Å². The number of carbonyl (C=O) groups excluding carboxylic acids is 1. The van der Waals surface area contributed by atoms with Gasteiger partial charge in [-0.1, -0.05) is 0 Å². The molecule has 1 N–H and O–H groups in total. The second-order valence-corrected chi connectivity index (χ2v) is 7.31. The first-order valence-electron chi connectivity index (χ1n) is 9.43. The first kappa shape index (κ1) is 17.7. The number of amides is 1. The number of pyridine rings is 1. The van der Waals surface area contributed by atoms with E-state index in [0.717, 1.165) is 29.4 Å². The molecule has 1 fully saturated rings. The van der Waals surface area contributed by atoms with Crippen molar-refractivity contribution < 1.29 is 23.4 Å². The zero-order valence-corrected chi connectivity index (χ0v) is 16.0. The summed E-state index contributed by atoms with van der Waals surface area (Å²) in [5.74, 6) is 1.46. The van der Waals surface area contributed by atoms with Gasteiger partial charge < -0.3 is 19.5 Å². The van der Waals surface area contributed by atoms with Crippen molar-refractivity contribution in [3.8, 4) is 28.5 Å². The molecule has 3 aromatic rings. The van der Waals surface area contributed by atoms with Crippen LogP contribution in [0.15, 0.2) is 30.3 Å². The Balaban J connectivity index is 1.72. The quantitative estimate of drug-likeness (QED) is 0.700. The van der Waals surface area contributed by atoms with Crippen LogP contribution in [-0.4, -0.2) is 24.8 Å². The van der Waals surface area contributed by atoms with E-state index in [1.54, 1.807) is 19.2 Å². The number of hydrogen-bond acceptors (Lipinski definition) is 5. The molecular weight excluding hydrogens is 375 g/mol. The third-order valence-corrected chi connectivity index (χ3v) is 5.23. The second kappa shape index (κ2) is 6.62. The van der Waals surface area contributed by atoms with Gasteiger partial charge >= 0.3 is 0 Å². The summed E-state index contributed by atoms with van der Waals surface area (Å²) in [6.45, 7) is 1.51. The van der Waals surface area contributed by atoms with Gasteiger partial charge in [-0.2, -0.15) is 0 Å². The molecule has 1 aliphatic heterocycles. The van der Waals surface area contributed by atoms with Crippen LogP contribution in [0.25, 0.3) is 22.2 Å². The molecule has 1 amide bonds. The first-order chi connectivity index (χ1) is 14.0. The largest absolute Gasteiger partial charge is 0.496 e. The fourth-order valence-electron chi connectivity index (χ4n) is 3.72. The van der Waals surface area contributed by atoms with Gasteiger partial charge in [0.2, 0.25) is 12.7 Å². The van der Waals surface area contributed by atoms with E-state index in [4.69, 9.17) is 19.2 Å². The fraction of sp³-hybridized carbons (Fsp3) is 0.273. The topological polar surface area (TPSA) is 69.7 Å². The molecule has 2 aliphatic rings. The summed E-state index contributed by atoms with van der Waals surface area (Å²) in [5, 5.41) is 3.30. The number of nitrogens with zero attached hydrogens (tertiary/aromatic N) is 1. The molecule has 0 bridgehead atoms. The average Bonchev–Trinajstić information content (AvgIpc) is 3.44. The zero-order chi connectivity index (χ0) is 20.1. The lowest BCUT2D eigenvalue weighted by Gasteiger charge is -2.14. The van der Waals surface area contributed by atoms with Crippen LogP contribution in [0.4, 0.5) is 10.1 Å². The van der Waals surface area contributed by atoms with Crippen LogP contribution in [-0.2, 0) is 4.79 Å². The van der Waals surface area contributed by atoms with Crippen LogP contribution in [0.2, 0.25) is 0 Å². The Labute approximate surface area is 166 Å². The van der Waals surface area contributed by atoms with E-state index in [1.165, 1.54) is 13.0 Å². The summed E-state index contributed by atoms with van der Waals surface area (Å²) in [4.78, 5) is 16.2. The molecule has 2 heterocycles. The van der Waals surface area contributed by atoms with Crippen molar-refractivity contribution in [1.82, 2.24) is 4.98 Å². The average molecular weight is 394 g/mol. The van der Waals surface area contributed by atoms with E-state index >= 15 is 0 Å². The van der Waals surface area contributed by atoms with Crippen molar-refractivity contribution in [2.75, 3.05) is 19.2 Å². The van der Waals surface area contributed by atoms with Gasteiger partial charge in [0, 0.05) is 23.9 Å². The van der Waals surface area contributed by atoms with Gasteiger partial charge in [-0.15, -0.1) is 0 Å². The van der Waals surface area contributed by atoms with E-state index < -0.39 is 5.82 Å². The highest BCUT2D eigenvalue weighted by molar-refractivity contribution is 5.94. The van der Waals surface area contributed by atoms with Gasteiger partial charge in [-0.25, -0.2) is 9.37 Å². The highest BCUT2D eigenvalue weighted by Crippen LogP contribution is 2.47. The highest BCUT2D eigenvalue weighted by atomic mass is 19.1. The molecule has 1 aromatic heterocycles. The number of ether oxygens (including phenoxy) is 3. The zero-order valence-electron chi connectivity index (χ0n) is 16.0. The van der Waals surface area contributed by atoms with Gasteiger partial charge in [0.15, 0.2) is 11.5 Å². The lowest BCUT2D eigenvalue weighted by atomic mass is 9.99. The van der Waals surface area contributed by atoms with E-state index in [0.29, 0.717) is 34.4 Å². The van der Waals surface area contributed by atoms with Gasteiger partial charge in [0.25, 0.3) is 0 Å². The van der Waals surface area contributed by atoms with Crippen LogP contribution in [0.5, 0.6) is 17.2 Å². The number of methoxy groups -OCH3 is 1. The van der Waals surface area contributed by atoms with E-state index in [2.05, 4.69) is 5.32 Å². The number of aromatic nitrogens is 1. The third kappa shape index (κ3) is 3.12. The Morgan fingerprint density at radius 2 is 1.93 bits per heavy atom. The molecule has 6 nitrogen and oxygen atoms in total. The molecule has 29 heavy (non-hydrogen) atoms. The van der Waals surface area contributed by atoms with Crippen molar-refractivity contribution >= 4 is 22.5 Å². The Morgan fingerprint density at radius 1 is 1.17 bits per heavy atom. The summed E-state index contributed by atoms with van der Waals surface area (Å²) in [7, 11) is 1.59. The summed E-state index contributed by atoms with van der Waals surface area (Å²) < 4.78 is 31.0. The summed E-state index contributed by atoms with van der Waals surface area (Å²) >= 11 is 0. The predicted molar refractivity (Wildman–Crippen MR) is 106 cm³/mol. The van der Waals surface area contributed by atoms with Gasteiger partial charge in [-0.3, -0.25) is 4.79 Å². The van der Waals surface area contributed by atoms with Crippen molar-refractivity contribution in [2.24, 2.45) is 0 Å². The molecular formula is C22H19FN2O4. The minimum atomic E-state index is -0.468. The molecule has 1 saturated carbocycles. The number of halogens is 1. The van der Waals surface area contributed by atoms with Crippen LogP contribution in [0.3, 0.4) is 0 Å². The maximum Gasteiger partial charge on any atom is 0.231 e. The van der Waals surface area contributed by atoms with Crippen LogP contribution in [0.1, 0.15) is 31.2 Å². The lowest BCUT2D eigenvalue weighted by Crippen LogP contribution is -2.08. The van der Waals surface area contributed by atoms with Gasteiger partial charge in [-0.05, 0) is 48.6 Å². The molecule has 148 valence electrons. The molecule has 0 radical (unpaired) electrons. The van der Waals surface area contributed by atoms with Crippen LogP contribution in [0, 0.1) is 5.82 Å². The predicted octanol–water partition coefficient (Wildman–Crippen LogP) is 4.61. The summed E-state index contributed by atoms with van der Waals surface area (Å²) in [6, 6.07) is 8.68. The van der Waals surface area contributed by atoms with Crippen LogP contribution < -0.4 is 19.5 Å². The number of anilines is 1. The van der Waals surface area contributed by atoms with E-state index in [9.17, 15) is 9.18 Å². The summed E-state index contributed by atoms with van der Waals surface area (Å²) in [5.41, 5.74) is 3.27. The van der Waals surface area contributed by atoms with E-state index in [-0.39, 0.29) is 18.4 Å². The Morgan fingerprint density at radius 3 is 2.62 bits per heavy atom. The Bertz CT molecular complexity index is 1160. The Hall–Kier alpha value is -3.35. The lowest BCUT2D eigenvalue weighted by molar-refractivity contribution is -0.114. The number of nitrogens with one attached hydrogen (secondary N) is 1. The standard InChI is InChI=1S/C22H19FN2O4/c1-11(26)24-19-8-18-14(5-16(19)23)13(12-3-4-12)6-17(25-18)15-7-21-22(29-10-28-21)9-20(15)27-2/h5-9,12H,3-4,10H2,1-2H3,(H,24,26). The fourth-order valence-corrected chi connectivity index (χ4v) is 3.72. The normalized spacial score (nSPS) is 14.9. The minimum Gasteiger partial charge on any atom is -0.496 e. The minimum absolute atomic E-state index is 0.119. The number of hydrogen-bond donors (Lipinski definition) is 1. The second-order valence-electron chi connectivity index (χ2n) is 7.31. The molecule has 0 saturated heterocycles. The van der Waals surface area contributed by atoms with Gasteiger partial charge in [0.1, 0.15) is 11.6 Å². The first-order valence-corrected chi connectivity index (χ1v) is 9.43. The van der Waals surface area contributed by atoms with Crippen molar-refractivity contribution in [2.45, 2.75) is 25.7 Å². The number of fused-ring (bicyclic) bond motifs is 2. The van der Waals surface area contributed by atoms with Crippen molar-refractivity contribution in [3.63, 3.8) is 0 Å². The highest BCUT2D eigenvalue weighted by Gasteiger charge is 2.28. The number of carbonyl (C=O) groups is 1. The molecule has 0 spiro atoms. The number of rotatable bonds is 4.